The Morgan fingerprint density at radius 3 is 2.41 bits per heavy atom. The predicted octanol–water partition coefficient (Wildman–Crippen LogP) is 3.12. The van der Waals surface area contributed by atoms with Crippen LogP contribution in [0.15, 0.2) is 4.99 Å². The molecule has 2 unspecified atom stereocenters. The highest BCUT2D eigenvalue weighted by Crippen LogP contribution is 2.35. The second-order valence-corrected chi connectivity index (χ2v) is 6.96. The quantitative estimate of drug-likeness (QED) is 0.310. The lowest BCUT2D eigenvalue weighted by molar-refractivity contribution is 0.131. The molecule has 3 aliphatic rings. The molecule has 1 aliphatic heterocycles. The molecule has 2 atom stereocenters. The van der Waals surface area contributed by atoms with Crippen LogP contribution in [0.4, 0.5) is 0 Å². The molecular formula is C17H32IN3O. The fourth-order valence-corrected chi connectivity index (χ4v) is 3.76. The number of hydrogen-bond donors (Lipinski definition) is 1. The van der Waals surface area contributed by atoms with Crippen LogP contribution in [0.25, 0.3) is 0 Å². The minimum atomic E-state index is 0. The Morgan fingerprint density at radius 1 is 1.14 bits per heavy atom. The predicted molar refractivity (Wildman–Crippen MR) is 102 cm³/mol. The first-order valence-corrected chi connectivity index (χ1v) is 8.97. The third-order valence-corrected chi connectivity index (χ3v) is 5.16. The molecule has 1 heterocycles. The Hall–Kier alpha value is -0.0400. The molecule has 3 rings (SSSR count). The summed E-state index contributed by atoms with van der Waals surface area (Å²) in [6.45, 7) is 8.03. The van der Waals surface area contributed by atoms with Crippen LogP contribution in [0.3, 0.4) is 0 Å². The fourth-order valence-electron chi connectivity index (χ4n) is 3.76. The van der Waals surface area contributed by atoms with E-state index in [0.29, 0.717) is 0 Å². The van der Waals surface area contributed by atoms with E-state index in [4.69, 9.17) is 9.73 Å². The molecule has 22 heavy (non-hydrogen) atoms. The first kappa shape index (κ1) is 18.3. The van der Waals surface area contributed by atoms with Crippen molar-refractivity contribution in [1.82, 2.24) is 10.2 Å². The molecule has 3 fully saturated rings. The van der Waals surface area contributed by atoms with Gasteiger partial charge in [-0.05, 0) is 50.4 Å². The third kappa shape index (κ3) is 5.25. The van der Waals surface area contributed by atoms with Gasteiger partial charge in [-0.15, -0.1) is 24.0 Å². The molecule has 2 saturated carbocycles. The zero-order valence-corrected chi connectivity index (χ0v) is 16.3. The summed E-state index contributed by atoms with van der Waals surface area (Å²) in [5.41, 5.74) is 0. The van der Waals surface area contributed by atoms with Gasteiger partial charge >= 0.3 is 0 Å². The van der Waals surface area contributed by atoms with Crippen molar-refractivity contribution in [2.75, 3.05) is 39.4 Å². The van der Waals surface area contributed by atoms with Crippen LogP contribution in [0, 0.1) is 17.8 Å². The van der Waals surface area contributed by atoms with Crippen LogP contribution < -0.4 is 5.32 Å². The van der Waals surface area contributed by atoms with E-state index in [1.54, 1.807) is 0 Å². The molecular weight excluding hydrogens is 389 g/mol. The van der Waals surface area contributed by atoms with Crippen molar-refractivity contribution in [1.29, 1.82) is 0 Å². The van der Waals surface area contributed by atoms with Gasteiger partial charge in [0.2, 0.25) is 0 Å². The Balaban J connectivity index is 0.00000176. The molecule has 4 nitrogen and oxygen atoms in total. The fraction of sp³-hybridized carbons (Fsp3) is 0.941. The minimum absolute atomic E-state index is 0. The molecule has 0 aromatic rings. The monoisotopic (exact) mass is 421 g/mol. The summed E-state index contributed by atoms with van der Waals surface area (Å²) in [6, 6.07) is 0. The van der Waals surface area contributed by atoms with Crippen molar-refractivity contribution in [3.05, 3.63) is 0 Å². The summed E-state index contributed by atoms with van der Waals surface area (Å²) in [7, 11) is 0. The molecule has 128 valence electrons. The molecule has 0 bridgehead atoms. The van der Waals surface area contributed by atoms with Crippen molar-refractivity contribution < 1.29 is 4.74 Å². The molecule has 1 N–H and O–H groups in total. The smallest absolute Gasteiger partial charge is 0.194 e. The van der Waals surface area contributed by atoms with Crippen molar-refractivity contribution >= 4 is 29.9 Å². The number of rotatable bonds is 6. The summed E-state index contributed by atoms with van der Waals surface area (Å²) in [6.07, 6.45) is 8.43. The Kier molecular flexibility index (Phi) is 7.74. The second kappa shape index (κ2) is 9.30. The topological polar surface area (TPSA) is 36.9 Å². The van der Waals surface area contributed by atoms with Crippen LogP contribution in [0.2, 0.25) is 0 Å². The highest BCUT2D eigenvalue weighted by Gasteiger charge is 2.35. The number of fused-ring (bicyclic) bond motifs is 1. The molecule has 0 radical (unpaired) electrons. The highest BCUT2D eigenvalue weighted by molar-refractivity contribution is 14.0. The SMILES string of the molecule is CCNC(=NCCOCC1CC1)N1CC2CCCCC2C1.I. The first-order valence-electron chi connectivity index (χ1n) is 8.97. The van der Waals surface area contributed by atoms with Gasteiger partial charge in [0.1, 0.15) is 0 Å². The Labute approximate surface area is 152 Å². The lowest BCUT2D eigenvalue weighted by Crippen LogP contribution is -2.40. The molecule has 1 saturated heterocycles. The van der Waals surface area contributed by atoms with Crippen LogP contribution in [0.5, 0.6) is 0 Å². The zero-order chi connectivity index (χ0) is 14.5. The number of aliphatic imine (C=N–C) groups is 1. The number of hydrogen-bond acceptors (Lipinski definition) is 2. The van der Waals surface area contributed by atoms with Gasteiger partial charge < -0.3 is 15.0 Å². The van der Waals surface area contributed by atoms with Gasteiger partial charge in [-0.25, -0.2) is 0 Å². The van der Waals surface area contributed by atoms with E-state index in [9.17, 15) is 0 Å². The van der Waals surface area contributed by atoms with Gasteiger partial charge in [0.05, 0.1) is 13.2 Å². The third-order valence-electron chi connectivity index (χ3n) is 5.16. The van der Waals surface area contributed by atoms with Crippen LogP contribution in [-0.4, -0.2) is 50.3 Å². The summed E-state index contributed by atoms with van der Waals surface area (Å²) >= 11 is 0. The maximum Gasteiger partial charge on any atom is 0.194 e. The van der Waals surface area contributed by atoms with Crippen molar-refractivity contribution in [2.45, 2.75) is 45.4 Å². The van der Waals surface area contributed by atoms with Crippen molar-refractivity contribution in [3.63, 3.8) is 0 Å². The van der Waals surface area contributed by atoms with Gasteiger partial charge in [-0.1, -0.05) is 12.8 Å². The second-order valence-electron chi connectivity index (χ2n) is 6.96. The molecule has 0 amide bonds. The van der Waals surface area contributed by atoms with E-state index < -0.39 is 0 Å². The van der Waals surface area contributed by atoms with Crippen LogP contribution in [-0.2, 0) is 4.74 Å². The van der Waals surface area contributed by atoms with E-state index >= 15 is 0 Å². The van der Waals surface area contributed by atoms with Crippen molar-refractivity contribution in [2.24, 2.45) is 22.7 Å². The summed E-state index contributed by atoms with van der Waals surface area (Å²) in [4.78, 5) is 7.27. The largest absolute Gasteiger partial charge is 0.379 e. The number of likely N-dealkylation sites (tertiary alicyclic amines) is 1. The Morgan fingerprint density at radius 2 is 1.82 bits per heavy atom. The van der Waals surface area contributed by atoms with Crippen molar-refractivity contribution in [3.8, 4) is 0 Å². The maximum absolute atomic E-state index is 5.69. The van der Waals surface area contributed by atoms with Gasteiger partial charge in [-0.2, -0.15) is 0 Å². The minimum Gasteiger partial charge on any atom is -0.379 e. The lowest BCUT2D eigenvalue weighted by atomic mass is 9.82. The van der Waals surface area contributed by atoms with Crippen LogP contribution >= 0.6 is 24.0 Å². The van der Waals surface area contributed by atoms with Gasteiger partial charge in [-0.3, -0.25) is 4.99 Å². The van der Waals surface area contributed by atoms with E-state index in [2.05, 4.69) is 17.1 Å². The van der Waals surface area contributed by atoms with E-state index in [0.717, 1.165) is 50.0 Å². The number of guanidine groups is 1. The average Bonchev–Trinajstić information content (AvgIpc) is 3.22. The van der Waals surface area contributed by atoms with Gasteiger partial charge in [0.25, 0.3) is 0 Å². The molecule has 2 aliphatic carbocycles. The van der Waals surface area contributed by atoms with E-state index in [1.165, 1.54) is 51.6 Å². The Bertz CT molecular complexity index is 346. The molecule has 0 spiro atoms. The lowest BCUT2D eigenvalue weighted by Gasteiger charge is -2.22. The van der Waals surface area contributed by atoms with E-state index in [-0.39, 0.29) is 24.0 Å². The standard InChI is InChI=1S/C17H31N3O.HI/c1-2-18-17(19-9-10-21-13-14-7-8-14)20-11-15-5-3-4-6-16(15)12-20;/h14-16H,2-13H2,1H3,(H,18,19);1H. The summed E-state index contributed by atoms with van der Waals surface area (Å²) < 4.78 is 5.69. The average molecular weight is 421 g/mol. The number of nitrogens with one attached hydrogen (secondary N) is 1. The first-order chi connectivity index (χ1) is 10.4. The van der Waals surface area contributed by atoms with Gasteiger partial charge in [0.15, 0.2) is 5.96 Å². The number of halogens is 1. The maximum atomic E-state index is 5.69. The number of ether oxygens (including phenoxy) is 1. The van der Waals surface area contributed by atoms with Gasteiger partial charge in [0, 0.05) is 26.2 Å². The zero-order valence-electron chi connectivity index (χ0n) is 13.9. The number of nitrogens with zero attached hydrogens (tertiary/aromatic N) is 2. The van der Waals surface area contributed by atoms with E-state index in [1.807, 2.05) is 0 Å². The van der Waals surface area contributed by atoms with Crippen LogP contribution in [0.1, 0.15) is 45.4 Å². The molecule has 5 heteroatoms. The normalized spacial score (nSPS) is 28.2. The highest BCUT2D eigenvalue weighted by atomic mass is 127. The molecule has 0 aromatic heterocycles. The summed E-state index contributed by atoms with van der Waals surface area (Å²) in [5.74, 6) is 3.79. The summed E-state index contributed by atoms with van der Waals surface area (Å²) in [5, 5.41) is 3.47. The molecule has 0 aromatic carbocycles.